The topological polar surface area (TPSA) is 73.1 Å². The second-order valence-electron chi connectivity index (χ2n) is 5.54. The van der Waals surface area contributed by atoms with Crippen molar-refractivity contribution in [3.63, 3.8) is 0 Å². The lowest BCUT2D eigenvalue weighted by atomic mass is 10.0. The third kappa shape index (κ3) is 5.50. The summed E-state index contributed by atoms with van der Waals surface area (Å²) in [5.41, 5.74) is 3.52. The molecule has 1 aromatic rings. The largest absolute Gasteiger partial charge is 0.477 e. The molecule has 5 nitrogen and oxygen atoms in total. The second kappa shape index (κ2) is 9.55. The van der Waals surface area contributed by atoms with Crippen LogP contribution in [0.15, 0.2) is 0 Å². The normalized spacial score (nSPS) is 12.2. The lowest BCUT2D eigenvalue weighted by Crippen LogP contribution is -2.16. The predicted octanol–water partition coefficient (Wildman–Crippen LogP) is 3.62. The Morgan fingerprint density at radius 3 is 2.52 bits per heavy atom. The molecule has 0 radical (unpaired) electrons. The van der Waals surface area contributed by atoms with Crippen LogP contribution in [-0.2, 0) is 6.42 Å². The Hall–Kier alpha value is -1.36. The number of ether oxygens (including phenoxy) is 1. The van der Waals surface area contributed by atoms with Crippen molar-refractivity contribution in [3.8, 4) is 5.88 Å². The molecular formula is C16H30N4O. The minimum Gasteiger partial charge on any atom is -0.477 e. The summed E-state index contributed by atoms with van der Waals surface area (Å²) in [5.74, 6) is 8.23. The lowest BCUT2D eigenvalue weighted by Gasteiger charge is -2.17. The number of nitrogens with two attached hydrogens (primary N) is 1. The molecule has 0 aliphatic carbocycles. The van der Waals surface area contributed by atoms with Gasteiger partial charge in [0.1, 0.15) is 11.6 Å². The van der Waals surface area contributed by atoms with Crippen molar-refractivity contribution >= 4 is 5.82 Å². The summed E-state index contributed by atoms with van der Waals surface area (Å²) < 4.78 is 5.97. The maximum Gasteiger partial charge on any atom is 0.221 e. The van der Waals surface area contributed by atoms with Gasteiger partial charge >= 0.3 is 0 Å². The van der Waals surface area contributed by atoms with E-state index in [0.29, 0.717) is 24.2 Å². The molecule has 3 N–H and O–H groups in total. The summed E-state index contributed by atoms with van der Waals surface area (Å²) in [5, 5.41) is 0. The van der Waals surface area contributed by atoms with Crippen molar-refractivity contribution in [2.75, 3.05) is 12.0 Å². The van der Waals surface area contributed by atoms with Gasteiger partial charge in [0.05, 0.1) is 12.2 Å². The first-order valence-corrected chi connectivity index (χ1v) is 8.13. The van der Waals surface area contributed by atoms with Gasteiger partial charge < -0.3 is 10.2 Å². The van der Waals surface area contributed by atoms with Crippen molar-refractivity contribution in [1.82, 2.24) is 9.97 Å². The predicted molar refractivity (Wildman–Crippen MR) is 87.4 cm³/mol. The van der Waals surface area contributed by atoms with Crippen molar-refractivity contribution in [1.29, 1.82) is 0 Å². The molecule has 1 aromatic heterocycles. The Bertz CT molecular complexity index is 423. The van der Waals surface area contributed by atoms with Crippen LogP contribution in [0.3, 0.4) is 0 Å². The van der Waals surface area contributed by atoms with Gasteiger partial charge in [-0.1, -0.05) is 40.0 Å². The van der Waals surface area contributed by atoms with E-state index in [9.17, 15) is 0 Å². The molecule has 1 rings (SSSR count). The minimum atomic E-state index is 0.586. The number of nitrogen functional groups attached to an aromatic ring is 1. The van der Waals surface area contributed by atoms with Crippen LogP contribution in [0.4, 0.5) is 5.82 Å². The summed E-state index contributed by atoms with van der Waals surface area (Å²) >= 11 is 0. The van der Waals surface area contributed by atoms with Gasteiger partial charge in [-0.3, -0.25) is 0 Å². The molecule has 0 fully saturated rings. The van der Waals surface area contributed by atoms with Gasteiger partial charge in [0.2, 0.25) is 5.88 Å². The summed E-state index contributed by atoms with van der Waals surface area (Å²) in [4.78, 5) is 8.94. The Kier molecular flexibility index (Phi) is 8.05. The van der Waals surface area contributed by atoms with Crippen molar-refractivity contribution in [2.24, 2.45) is 11.8 Å². The fourth-order valence-electron chi connectivity index (χ4n) is 2.25. The van der Waals surface area contributed by atoms with E-state index in [-0.39, 0.29) is 0 Å². The molecule has 0 bridgehead atoms. The smallest absolute Gasteiger partial charge is 0.221 e. The van der Waals surface area contributed by atoms with Crippen LogP contribution in [0, 0.1) is 12.8 Å². The summed E-state index contributed by atoms with van der Waals surface area (Å²) in [6.45, 7) is 9.19. The van der Waals surface area contributed by atoms with Gasteiger partial charge in [0, 0.05) is 6.42 Å². The number of hydrogen-bond acceptors (Lipinski definition) is 5. The van der Waals surface area contributed by atoms with Crippen LogP contribution in [0.2, 0.25) is 0 Å². The standard InChI is InChI=1S/C16H30N4O/c1-5-8-10-13(7-3)11-21-16-12(4)15(20-17)18-14(19-16)9-6-2/h13H,5-11,17H2,1-4H3,(H,18,19,20). The molecular weight excluding hydrogens is 264 g/mol. The van der Waals surface area contributed by atoms with Crippen molar-refractivity contribution in [2.45, 2.75) is 66.2 Å². The van der Waals surface area contributed by atoms with Gasteiger partial charge in [0.25, 0.3) is 0 Å². The highest BCUT2D eigenvalue weighted by Crippen LogP contribution is 2.23. The molecule has 0 aliphatic rings. The maximum absolute atomic E-state index is 5.97. The van der Waals surface area contributed by atoms with E-state index < -0.39 is 0 Å². The van der Waals surface area contributed by atoms with E-state index in [2.05, 4.69) is 36.2 Å². The van der Waals surface area contributed by atoms with Crippen molar-refractivity contribution < 1.29 is 4.74 Å². The third-order valence-corrected chi connectivity index (χ3v) is 3.76. The highest BCUT2D eigenvalue weighted by Gasteiger charge is 2.13. The average molecular weight is 294 g/mol. The van der Waals surface area contributed by atoms with Crippen molar-refractivity contribution in [3.05, 3.63) is 11.4 Å². The monoisotopic (exact) mass is 294 g/mol. The second-order valence-corrected chi connectivity index (χ2v) is 5.54. The van der Waals surface area contributed by atoms with E-state index in [1.54, 1.807) is 0 Å². The number of anilines is 1. The Morgan fingerprint density at radius 1 is 1.19 bits per heavy atom. The summed E-state index contributed by atoms with van der Waals surface area (Å²) in [7, 11) is 0. The molecule has 1 heterocycles. The SMILES string of the molecule is CCCCC(CC)COc1nc(CCC)nc(NN)c1C. The number of aromatic nitrogens is 2. The van der Waals surface area contributed by atoms with Crippen LogP contribution in [0.1, 0.15) is 64.3 Å². The summed E-state index contributed by atoms with van der Waals surface area (Å²) in [6, 6.07) is 0. The van der Waals surface area contributed by atoms with E-state index in [4.69, 9.17) is 10.6 Å². The first-order valence-electron chi connectivity index (χ1n) is 8.13. The lowest BCUT2D eigenvalue weighted by molar-refractivity contribution is 0.224. The van der Waals surface area contributed by atoms with E-state index in [0.717, 1.165) is 30.7 Å². The molecule has 0 spiro atoms. The number of aryl methyl sites for hydroxylation is 1. The molecule has 0 aliphatic heterocycles. The molecule has 1 atom stereocenters. The number of rotatable bonds is 10. The Labute approximate surface area is 128 Å². The number of nitrogens with one attached hydrogen (secondary N) is 1. The van der Waals surface area contributed by atoms with E-state index in [1.807, 2.05) is 6.92 Å². The van der Waals surface area contributed by atoms with Gasteiger partial charge in [-0.15, -0.1) is 0 Å². The number of hydrogen-bond donors (Lipinski definition) is 2. The third-order valence-electron chi connectivity index (χ3n) is 3.76. The molecule has 120 valence electrons. The van der Waals surface area contributed by atoms with E-state index in [1.165, 1.54) is 19.3 Å². The first-order chi connectivity index (χ1) is 10.2. The fourth-order valence-corrected chi connectivity index (χ4v) is 2.25. The molecule has 0 aromatic carbocycles. The number of unbranched alkanes of at least 4 members (excludes halogenated alkanes) is 1. The number of hydrazine groups is 1. The van der Waals surface area contributed by atoms with Crippen LogP contribution in [0.25, 0.3) is 0 Å². The van der Waals surface area contributed by atoms with Crippen LogP contribution in [0.5, 0.6) is 5.88 Å². The average Bonchev–Trinajstić information content (AvgIpc) is 2.50. The van der Waals surface area contributed by atoms with E-state index >= 15 is 0 Å². The Morgan fingerprint density at radius 2 is 1.95 bits per heavy atom. The van der Waals surface area contributed by atoms with Gasteiger partial charge in [-0.05, 0) is 25.7 Å². The molecule has 5 heteroatoms. The first kappa shape index (κ1) is 17.7. The molecule has 0 saturated carbocycles. The quantitative estimate of drug-likeness (QED) is 0.509. The fraction of sp³-hybridized carbons (Fsp3) is 0.750. The summed E-state index contributed by atoms with van der Waals surface area (Å²) in [6.07, 6.45) is 6.65. The molecule has 0 amide bonds. The minimum absolute atomic E-state index is 0.586. The zero-order valence-electron chi connectivity index (χ0n) is 13.9. The Balaban J connectivity index is 2.78. The zero-order chi connectivity index (χ0) is 15.7. The molecule has 21 heavy (non-hydrogen) atoms. The molecule has 1 unspecified atom stereocenters. The van der Waals surface area contributed by atoms with Gasteiger partial charge in [0.15, 0.2) is 0 Å². The number of nitrogens with zero attached hydrogens (tertiary/aromatic N) is 2. The molecule has 0 saturated heterocycles. The highest BCUT2D eigenvalue weighted by atomic mass is 16.5. The van der Waals surface area contributed by atoms with Gasteiger partial charge in [-0.2, -0.15) is 4.98 Å². The highest BCUT2D eigenvalue weighted by molar-refractivity contribution is 5.47. The van der Waals surface area contributed by atoms with Crippen LogP contribution in [-0.4, -0.2) is 16.6 Å². The maximum atomic E-state index is 5.97. The zero-order valence-corrected chi connectivity index (χ0v) is 13.9. The van der Waals surface area contributed by atoms with Crippen LogP contribution >= 0.6 is 0 Å². The van der Waals surface area contributed by atoms with Gasteiger partial charge in [-0.25, -0.2) is 10.8 Å². The van der Waals surface area contributed by atoms with Crippen LogP contribution < -0.4 is 16.0 Å².